The van der Waals surface area contributed by atoms with E-state index in [4.69, 9.17) is 0 Å². The fourth-order valence-corrected chi connectivity index (χ4v) is 3.97. The van der Waals surface area contributed by atoms with Gasteiger partial charge < -0.3 is 5.32 Å². The number of sulfonamides is 1. The SMILES string of the molecule is Cc1nc2c(NC(=O)CNS(=O)(=O)c3cccs3)cccn2n1. The molecule has 120 valence electrons. The van der Waals surface area contributed by atoms with Crippen molar-refractivity contribution in [2.75, 3.05) is 11.9 Å². The van der Waals surface area contributed by atoms with E-state index in [9.17, 15) is 13.2 Å². The van der Waals surface area contributed by atoms with Gasteiger partial charge in [0.15, 0.2) is 5.65 Å². The third kappa shape index (κ3) is 3.38. The van der Waals surface area contributed by atoms with Crippen molar-refractivity contribution in [2.45, 2.75) is 11.1 Å². The van der Waals surface area contributed by atoms with Gasteiger partial charge in [-0.2, -0.15) is 5.10 Å². The van der Waals surface area contributed by atoms with E-state index in [2.05, 4.69) is 20.1 Å². The third-order valence-corrected chi connectivity index (χ3v) is 5.72. The summed E-state index contributed by atoms with van der Waals surface area (Å²) < 4.78 is 27.9. The van der Waals surface area contributed by atoms with E-state index >= 15 is 0 Å². The number of pyridine rings is 1. The lowest BCUT2D eigenvalue weighted by molar-refractivity contribution is -0.115. The van der Waals surface area contributed by atoms with Crippen LogP contribution in [0.3, 0.4) is 0 Å². The molecule has 0 radical (unpaired) electrons. The zero-order valence-electron chi connectivity index (χ0n) is 12.1. The molecule has 8 nitrogen and oxygen atoms in total. The molecule has 23 heavy (non-hydrogen) atoms. The van der Waals surface area contributed by atoms with Gasteiger partial charge in [0.2, 0.25) is 5.91 Å². The maximum Gasteiger partial charge on any atom is 0.250 e. The fourth-order valence-electron chi connectivity index (χ4n) is 1.95. The van der Waals surface area contributed by atoms with Gasteiger partial charge in [-0.15, -0.1) is 11.3 Å². The number of carbonyl (C=O) groups excluding carboxylic acids is 1. The molecule has 3 heterocycles. The molecule has 0 unspecified atom stereocenters. The van der Waals surface area contributed by atoms with Crippen molar-refractivity contribution in [1.29, 1.82) is 0 Å². The summed E-state index contributed by atoms with van der Waals surface area (Å²) in [6.45, 7) is 1.38. The Kier molecular flexibility index (Phi) is 4.11. The van der Waals surface area contributed by atoms with Gasteiger partial charge in [-0.3, -0.25) is 4.79 Å². The van der Waals surface area contributed by atoms with E-state index in [0.29, 0.717) is 17.2 Å². The third-order valence-electron chi connectivity index (χ3n) is 2.92. The Hall–Kier alpha value is -2.30. The van der Waals surface area contributed by atoms with Gasteiger partial charge in [0.05, 0.1) is 12.2 Å². The van der Waals surface area contributed by atoms with E-state index in [1.165, 1.54) is 6.07 Å². The molecule has 0 aromatic carbocycles. The monoisotopic (exact) mass is 351 g/mol. The molecule has 0 atom stereocenters. The molecule has 0 saturated heterocycles. The Morgan fingerprint density at radius 3 is 2.91 bits per heavy atom. The maximum atomic E-state index is 12.0. The summed E-state index contributed by atoms with van der Waals surface area (Å²) in [5, 5.41) is 8.43. The quantitative estimate of drug-likeness (QED) is 0.714. The summed E-state index contributed by atoms with van der Waals surface area (Å²) in [5.41, 5.74) is 0.966. The predicted molar refractivity (Wildman–Crippen MR) is 85.9 cm³/mol. The number of nitrogens with one attached hydrogen (secondary N) is 2. The molecule has 0 spiro atoms. The number of amides is 1. The van der Waals surface area contributed by atoms with Crippen molar-refractivity contribution < 1.29 is 13.2 Å². The molecule has 0 saturated carbocycles. The van der Waals surface area contributed by atoms with E-state index in [0.717, 1.165) is 11.3 Å². The second-order valence-electron chi connectivity index (χ2n) is 4.65. The van der Waals surface area contributed by atoms with Crippen LogP contribution in [0.15, 0.2) is 40.1 Å². The molecule has 10 heteroatoms. The summed E-state index contributed by atoms with van der Waals surface area (Å²) >= 11 is 1.09. The second-order valence-corrected chi connectivity index (χ2v) is 7.60. The number of aryl methyl sites for hydroxylation is 1. The average molecular weight is 351 g/mol. The van der Waals surface area contributed by atoms with E-state index in [-0.39, 0.29) is 10.8 Å². The van der Waals surface area contributed by atoms with Crippen molar-refractivity contribution >= 4 is 38.6 Å². The Bertz CT molecular complexity index is 947. The van der Waals surface area contributed by atoms with Gasteiger partial charge >= 0.3 is 0 Å². The number of fused-ring (bicyclic) bond motifs is 1. The minimum Gasteiger partial charge on any atom is -0.322 e. The highest BCUT2D eigenvalue weighted by Crippen LogP contribution is 2.16. The first-order chi connectivity index (χ1) is 11.0. The molecule has 0 aliphatic carbocycles. The van der Waals surface area contributed by atoms with Crippen molar-refractivity contribution in [3.05, 3.63) is 41.7 Å². The van der Waals surface area contributed by atoms with Crippen LogP contribution < -0.4 is 10.0 Å². The number of thiophene rings is 1. The highest BCUT2D eigenvalue weighted by atomic mass is 32.2. The molecular weight excluding hydrogens is 338 g/mol. The number of nitrogens with zero attached hydrogens (tertiary/aromatic N) is 3. The molecule has 3 rings (SSSR count). The van der Waals surface area contributed by atoms with Gasteiger partial charge in [0, 0.05) is 6.20 Å². The molecule has 3 aromatic heterocycles. The molecule has 0 fully saturated rings. The Labute approximate surface area is 136 Å². The van der Waals surface area contributed by atoms with Crippen molar-refractivity contribution in [2.24, 2.45) is 0 Å². The maximum absolute atomic E-state index is 12.0. The smallest absolute Gasteiger partial charge is 0.250 e. The first kappa shape index (κ1) is 15.6. The van der Waals surface area contributed by atoms with Crippen LogP contribution in [0.25, 0.3) is 5.65 Å². The first-order valence-electron chi connectivity index (χ1n) is 6.61. The summed E-state index contributed by atoms with van der Waals surface area (Å²) in [5.74, 6) is 0.0870. The predicted octanol–water partition coefficient (Wildman–Crippen LogP) is 1.02. The summed E-state index contributed by atoms with van der Waals surface area (Å²) in [6, 6.07) is 6.50. The van der Waals surface area contributed by atoms with E-state index in [1.54, 1.807) is 41.2 Å². The minimum absolute atomic E-state index is 0.167. The molecule has 0 aliphatic heterocycles. The molecular formula is C13H13N5O3S2. The van der Waals surface area contributed by atoms with E-state index in [1.807, 2.05) is 0 Å². The molecule has 1 amide bonds. The normalized spacial score (nSPS) is 11.7. The van der Waals surface area contributed by atoms with Crippen LogP contribution in [-0.2, 0) is 14.8 Å². The van der Waals surface area contributed by atoms with Gasteiger partial charge in [-0.25, -0.2) is 22.6 Å². The highest BCUT2D eigenvalue weighted by Gasteiger charge is 2.17. The zero-order chi connectivity index (χ0) is 16.4. The van der Waals surface area contributed by atoms with Crippen molar-refractivity contribution in [3.8, 4) is 0 Å². The van der Waals surface area contributed by atoms with Crippen LogP contribution in [0.5, 0.6) is 0 Å². The molecule has 0 bridgehead atoms. The Balaban J connectivity index is 1.70. The number of aromatic nitrogens is 3. The Morgan fingerprint density at radius 2 is 2.17 bits per heavy atom. The zero-order valence-corrected chi connectivity index (χ0v) is 13.7. The molecule has 2 N–H and O–H groups in total. The topological polar surface area (TPSA) is 105 Å². The largest absolute Gasteiger partial charge is 0.322 e. The van der Waals surface area contributed by atoms with Gasteiger partial charge in [-0.05, 0) is 30.5 Å². The number of rotatable bonds is 5. The van der Waals surface area contributed by atoms with Gasteiger partial charge in [-0.1, -0.05) is 6.07 Å². The van der Waals surface area contributed by atoms with Crippen LogP contribution in [0, 0.1) is 6.92 Å². The first-order valence-corrected chi connectivity index (χ1v) is 8.97. The summed E-state index contributed by atoms with van der Waals surface area (Å²) in [4.78, 5) is 16.2. The fraction of sp³-hybridized carbons (Fsp3) is 0.154. The van der Waals surface area contributed by atoms with Crippen LogP contribution >= 0.6 is 11.3 Å². The van der Waals surface area contributed by atoms with Crippen LogP contribution in [-0.4, -0.2) is 35.5 Å². The lowest BCUT2D eigenvalue weighted by atomic mass is 10.4. The standard InChI is InChI=1S/C13H13N5O3S2/c1-9-15-13-10(4-2-6-18(13)17-9)16-11(19)8-14-23(20,21)12-5-3-7-22-12/h2-7,14H,8H2,1H3,(H,16,19). The van der Waals surface area contributed by atoms with Crippen LogP contribution in [0.1, 0.15) is 5.82 Å². The molecule has 0 aliphatic rings. The second kappa shape index (κ2) is 6.07. The molecule has 3 aromatic rings. The van der Waals surface area contributed by atoms with Gasteiger partial charge in [0.1, 0.15) is 10.0 Å². The van der Waals surface area contributed by atoms with Crippen molar-refractivity contribution in [3.63, 3.8) is 0 Å². The number of hydrogen-bond donors (Lipinski definition) is 2. The lowest BCUT2D eigenvalue weighted by Crippen LogP contribution is -2.32. The van der Waals surface area contributed by atoms with Crippen molar-refractivity contribution in [1.82, 2.24) is 19.3 Å². The number of hydrogen-bond acceptors (Lipinski definition) is 6. The number of carbonyl (C=O) groups is 1. The van der Waals surface area contributed by atoms with E-state index < -0.39 is 15.9 Å². The van der Waals surface area contributed by atoms with Gasteiger partial charge in [0.25, 0.3) is 10.0 Å². The summed E-state index contributed by atoms with van der Waals surface area (Å²) in [7, 11) is -3.67. The van der Waals surface area contributed by atoms with Crippen LogP contribution in [0.4, 0.5) is 5.69 Å². The average Bonchev–Trinajstić information content (AvgIpc) is 3.14. The summed E-state index contributed by atoms with van der Waals surface area (Å²) in [6.07, 6.45) is 1.71. The van der Waals surface area contributed by atoms with Crippen LogP contribution in [0.2, 0.25) is 0 Å². The Morgan fingerprint density at radius 1 is 1.35 bits per heavy atom. The lowest BCUT2D eigenvalue weighted by Gasteiger charge is -2.07. The minimum atomic E-state index is -3.67. The highest BCUT2D eigenvalue weighted by molar-refractivity contribution is 7.91. The number of anilines is 1.